The van der Waals surface area contributed by atoms with Crippen LogP contribution < -0.4 is 20.1 Å². The Morgan fingerprint density at radius 2 is 2.00 bits per heavy atom. The van der Waals surface area contributed by atoms with Crippen LogP contribution in [0.1, 0.15) is 4.88 Å². The number of rotatable bonds is 6. The highest BCUT2D eigenvalue weighted by atomic mass is 35.5. The Balaban J connectivity index is 1.97. The maximum absolute atomic E-state index is 12.3. The average Bonchev–Trinajstić information content (AvgIpc) is 2.96. The predicted octanol–water partition coefficient (Wildman–Crippen LogP) is 4.67. The van der Waals surface area contributed by atoms with Crippen molar-refractivity contribution in [2.75, 3.05) is 19.0 Å². The third kappa shape index (κ3) is 6.35. The highest BCUT2D eigenvalue weighted by Crippen LogP contribution is 2.31. The SMILES string of the molecule is COc1ccc(NC(=O)NCc2ccc(Cl)s2)cc1OCC(F)(F)F. The molecule has 1 heterocycles. The molecule has 0 radical (unpaired) electrons. The van der Waals surface area contributed by atoms with Gasteiger partial charge in [0.1, 0.15) is 0 Å². The van der Waals surface area contributed by atoms with Crippen LogP contribution in [0.5, 0.6) is 11.5 Å². The van der Waals surface area contributed by atoms with Crippen molar-refractivity contribution in [2.24, 2.45) is 0 Å². The van der Waals surface area contributed by atoms with Gasteiger partial charge >= 0.3 is 12.2 Å². The van der Waals surface area contributed by atoms with Crippen LogP contribution in [0.25, 0.3) is 0 Å². The molecule has 0 bridgehead atoms. The first-order chi connectivity index (χ1) is 11.8. The van der Waals surface area contributed by atoms with Crippen molar-refractivity contribution in [3.63, 3.8) is 0 Å². The lowest BCUT2D eigenvalue weighted by Crippen LogP contribution is -2.27. The molecule has 0 aliphatic rings. The van der Waals surface area contributed by atoms with Crippen molar-refractivity contribution < 1.29 is 27.4 Å². The van der Waals surface area contributed by atoms with E-state index in [9.17, 15) is 18.0 Å². The van der Waals surface area contributed by atoms with Gasteiger partial charge in [-0.15, -0.1) is 11.3 Å². The number of carbonyl (C=O) groups excluding carboxylic acids is 1. The van der Waals surface area contributed by atoms with Gasteiger partial charge in [-0.25, -0.2) is 4.79 Å². The second kappa shape index (κ2) is 8.30. The van der Waals surface area contributed by atoms with E-state index in [0.29, 0.717) is 4.34 Å². The van der Waals surface area contributed by atoms with E-state index >= 15 is 0 Å². The number of methoxy groups -OCH3 is 1. The van der Waals surface area contributed by atoms with Gasteiger partial charge in [0.15, 0.2) is 18.1 Å². The first kappa shape index (κ1) is 19.2. The first-order valence-electron chi connectivity index (χ1n) is 6.93. The molecule has 2 rings (SSSR count). The third-order valence-electron chi connectivity index (χ3n) is 2.86. The second-order valence-corrected chi connectivity index (χ2v) is 6.58. The number of alkyl halides is 3. The molecule has 0 saturated carbocycles. The molecule has 0 fully saturated rings. The fourth-order valence-corrected chi connectivity index (χ4v) is 2.84. The van der Waals surface area contributed by atoms with E-state index < -0.39 is 18.8 Å². The van der Waals surface area contributed by atoms with Gasteiger partial charge in [-0.2, -0.15) is 13.2 Å². The quantitative estimate of drug-likeness (QED) is 0.748. The molecule has 2 N–H and O–H groups in total. The van der Waals surface area contributed by atoms with Crippen LogP contribution in [0.3, 0.4) is 0 Å². The summed E-state index contributed by atoms with van der Waals surface area (Å²) in [6, 6.07) is 7.13. The number of hydrogen-bond acceptors (Lipinski definition) is 4. The number of hydrogen-bond donors (Lipinski definition) is 2. The molecule has 0 saturated heterocycles. The number of urea groups is 1. The number of halogens is 4. The van der Waals surface area contributed by atoms with Gasteiger partial charge < -0.3 is 20.1 Å². The van der Waals surface area contributed by atoms with Crippen LogP contribution in [0.4, 0.5) is 23.7 Å². The van der Waals surface area contributed by atoms with Gasteiger partial charge in [0.25, 0.3) is 0 Å². The summed E-state index contributed by atoms with van der Waals surface area (Å²) in [7, 11) is 1.31. The van der Waals surface area contributed by atoms with E-state index in [0.717, 1.165) is 4.88 Å². The summed E-state index contributed by atoms with van der Waals surface area (Å²) in [4.78, 5) is 12.7. The van der Waals surface area contributed by atoms with E-state index in [1.165, 1.54) is 36.6 Å². The topological polar surface area (TPSA) is 59.6 Å². The molecule has 5 nitrogen and oxygen atoms in total. The van der Waals surface area contributed by atoms with Crippen LogP contribution in [0, 0.1) is 0 Å². The molecule has 136 valence electrons. The number of ether oxygens (including phenoxy) is 2. The molecule has 1 aromatic heterocycles. The zero-order valence-corrected chi connectivity index (χ0v) is 14.5. The average molecular weight is 395 g/mol. The largest absolute Gasteiger partial charge is 0.493 e. The minimum absolute atomic E-state index is 0.123. The van der Waals surface area contributed by atoms with Crippen molar-refractivity contribution in [3.05, 3.63) is 39.5 Å². The minimum atomic E-state index is -4.48. The zero-order chi connectivity index (χ0) is 18.4. The van der Waals surface area contributed by atoms with Crippen LogP contribution >= 0.6 is 22.9 Å². The molecule has 0 spiro atoms. The summed E-state index contributed by atoms with van der Waals surface area (Å²) in [5.74, 6) is 0.00565. The summed E-state index contributed by atoms with van der Waals surface area (Å²) in [5.41, 5.74) is 0.264. The maximum atomic E-state index is 12.3. The molecule has 25 heavy (non-hydrogen) atoms. The first-order valence-corrected chi connectivity index (χ1v) is 8.13. The van der Waals surface area contributed by atoms with Crippen molar-refractivity contribution in [3.8, 4) is 11.5 Å². The standard InChI is InChI=1S/C15H14ClF3N2O3S/c1-23-11-4-2-9(6-12(11)24-8-15(17,18)19)21-14(22)20-7-10-3-5-13(16)25-10/h2-6H,7-8H2,1H3,(H2,20,21,22). The van der Waals surface area contributed by atoms with Gasteiger partial charge in [0, 0.05) is 16.6 Å². The number of thiophene rings is 1. The maximum Gasteiger partial charge on any atom is 0.422 e. The van der Waals surface area contributed by atoms with E-state index in [4.69, 9.17) is 21.1 Å². The molecule has 2 amide bonds. The van der Waals surface area contributed by atoms with Crippen LogP contribution in [0.2, 0.25) is 4.34 Å². The number of carbonyl (C=O) groups is 1. The Bertz CT molecular complexity index is 737. The Hall–Kier alpha value is -2.13. The lowest BCUT2D eigenvalue weighted by molar-refractivity contribution is -0.153. The Kier molecular flexibility index (Phi) is 6.38. The molecule has 1 aromatic carbocycles. The third-order valence-corrected chi connectivity index (χ3v) is 4.10. The van der Waals surface area contributed by atoms with E-state index in [1.807, 2.05) is 0 Å². The molecule has 10 heteroatoms. The van der Waals surface area contributed by atoms with Crippen LogP contribution in [0.15, 0.2) is 30.3 Å². The lowest BCUT2D eigenvalue weighted by Gasteiger charge is -2.14. The van der Waals surface area contributed by atoms with Gasteiger partial charge in [-0.1, -0.05) is 11.6 Å². The molecular weight excluding hydrogens is 381 g/mol. The Morgan fingerprint density at radius 1 is 1.24 bits per heavy atom. The monoisotopic (exact) mass is 394 g/mol. The fraction of sp³-hybridized carbons (Fsp3) is 0.267. The van der Waals surface area contributed by atoms with Crippen molar-refractivity contribution in [1.82, 2.24) is 5.32 Å². The van der Waals surface area contributed by atoms with E-state index in [2.05, 4.69) is 10.6 Å². The molecular formula is C15H14ClF3N2O3S. The van der Waals surface area contributed by atoms with Gasteiger partial charge in [0.05, 0.1) is 18.0 Å². The molecule has 0 aliphatic carbocycles. The predicted molar refractivity (Wildman–Crippen MR) is 89.7 cm³/mol. The number of benzene rings is 1. The molecule has 0 aliphatic heterocycles. The number of nitrogens with one attached hydrogen (secondary N) is 2. The number of amides is 2. The van der Waals surface area contributed by atoms with Crippen molar-refractivity contribution in [2.45, 2.75) is 12.7 Å². The summed E-state index contributed by atoms with van der Waals surface area (Å²) in [6.07, 6.45) is -4.48. The van der Waals surface area contributed by atoms with Gasteiger partial charge in [0.2, 0.25) is 0 Å². The van der Waals surface area contributed by atoms with Crippen molar-refractivity contribution >= 4 is 34.7 Å². The van der Waals surface area contributed by atoms with E-state index in [1.54, 1.807) is 12.1 Å². The molecule has 0 atom stereocenters. The summed E-state index contributed by atoms with van der Waals surface area (Å²) >= 11 is 7.13. The Labute approximate surface area is 150 Å². The lowest BCUT2D eigenvalue weighted by atomic mass is 10.2. The van der Waals surface area contributed by atoms with Crippen LogP contribution in [-0.2, 0) is 6.54 Å². The summed E-state index contributed by atoms with van der Waals surface area (Å²) in [5, 5.41) is 5.13. The number of anilines is 1. The highest BCUT2D eigenvalue weighted by Gasteiger charge is 2.29. The smallest absolute Gasteiger partial charge is 0.422 e. The Morgan fingerprint density at radius 3 is 2.60 bits per heavy atom. The normalized spacial score (nSPS) is 11.1. The zero-order valence-electron chi connectivity index (χ0n) is 12.9. The highest BCUT2D eigenvalue weighted by molar-refractivity contribution is 7.16. The fourth-order valence-electron chi connectivity index (χ4n) is 1.82. The summed E-state index contributed by atoms with van der Waals surface area (Å²) in [6.45, 7) is -1.19. The van der Waals surface area contributed by atoms with Crippen molar-refractivity contribution in [1.29, 1.82) is 0 Å². The van der Waals surface area contributed by atoms with Gasteiger partial charge in [-0.05, 0) is 24.3 Å². The van der Waals surface area contributed by atoms with E-state index in [-0.39, 0.29) is 23.7 Å². The summed E-state index contributed by atoms with van der Waals surface area (Å²) < 4.78 is 47.2. The molecule has 2 aromatic rings. The second-order valence-electron chi connectivity index (χ2n) is 4.78. The van der Waals surface area contributed by atoms with Gasteiger partial charge in [-0.3, -0.25) is 0 Å². The molecule has 0 unspecified atom stereocenters. The van der Waals surface area contributed by atoms with Crippen LogP contribution in [-0.4, -0.2) is 25.9 Å². The minimum Gasteiger partial charge on any atom is -0.493 e.